The number of dihydropyridines is 1. The zero-order chi connectivity index (χ0) is 29.1. The number of aromatic nitrogens is 3. The van der Waals surface area contributed by atoms with Gasteiger partial charge in [0, 0.05) is 93.0 Å². The molecule has 0 bridgehead atoms. The van der Waals surface area contributed by atoms with Gasteiger partial charge < -0.3 is 36.0 Å². The fraction of sp³-hybridized carbons (Fsp3) is 0.433. The van der Waals surface area contributed by atoms with Crippen LogP contribution in [-0.2, 0) is 23.0 Å². The van der Waals surface area contributed by atoms with E-state index in [1.807, 2.05) is 36.2 Å². The quantitative estimate of drug-likeness (QED) is 0.242. The molecule has 0 aliphatic carbocycles. The van der Waals surface area contributed by atoms with E-state index in [0.717, 1.165) is 77.3 Å². The first kappa shape index (κ1) is 28.4. The predicted molar refractivity (Wildman–Crippen MR) is 164 cm³/mol. The number of carbonyl (C=O) groups excluding carboxylic acids is 1. The zero-order valence-corrected chi connectivity index (χ0v) is 24.5. The molecule has 5 rings (SSSR count). The number of fused-ring (bicyclic) bond motifs is 3. The number of morpholine rings is 1. The summed E-state index contributed by atoms with van der Waals surface area (Å²) in [7, 11) is 3.90. The van der Waals surface area contributed by atoms with Crippen LogP contribution >= 0.6 is 0 Å². The Morgan fingerprint density at radius 3 is 2.90 bits per heavy atom. The van der Waals surface area contributed by atoms with Gasteiger partial charge in [0.1, 0.15) is 0 Å². The molecular formula is C30H41N9O2. The molecular weight excluding hydrogens is 518 g/mol. The van der Waals surface area contributed by atoms with Crippen LogP contribution in [0.5, 0.6) is 0 Å². The Morgan fingerprint density at radius 1 is 1.34 bits per heavy atom. The van der Waals surface area contributed by atoms with Crippen LogP contribution in [0.1, 0.15) is 32.0 Å². The summed E-state index contributed by atoms with van der Waals surface area (Å²) in [6, 6.07) is 2.07. The van der Waals surface area contributed by atoms with Crippen molar-refractivity contribution in [3.8, 4) is 0 Å². The van der Waals surface area contributed by atoms with Gasteiger partial charge in [-0.25, -0.2) is 4.52 Å². The number of nitrogens with zero attached hydrogens (tertiary/aromatic N) is 4. The van der Waals surface area contributed by atoms with Gasteiger partial charge in [-0.05, 0) is 32.4 Å². The van der Waals surface area contributed by atoms with Crippen LogP contribution in [0.15, 0.2) is 48.2 Å². The Balaban J connectivity index is 1.40. The van der Waals surface area contributed by atoms with E-state index in [0.29, 0.717) is 12.1 Å². The van der Waals surface area contributed by atoms with Crippen molar-refractivity contribution in [3.05, 3.63) is 59.5 Å². The summed E-state index contributed by atoms with van der Waals surface area (Å²) < 4.78 is 9.68. The minimum absolute atomic E-state index is 0.000210. The molecule has 2 aliphatic heterocycles. The highest BCUT2D eigenvalue weighted by molar-refractivity contribution is 6.10. The molecule has 3 aromatic rings. The number of amides is 1. The molecule has 0 spiro atoms. The van der Waals surface area contributed by atoms with Gasteiger partial charge in [0.15, 0.2) is 0 Å². The van der Waals surface area contributed by atoms with E-state index in [-0.39, 0.29) is 18.1 Å². The molecule has 0 saturated carbocycles. The van der Waals surface area contributed by atoms with Gasteiger partial charge in [0.25, 0.3) is 5.91 Å². The lowest BCUT2D eigenvalue weighted by atomic mass is 10.1. The number of anilines is 1. The lowest BCUT2D eigenvalue weighted by Gasteiger charge is -2.31. The second kappa shape index (κ2) is 12.2. The van der Waals surface area contributed by atoms with Crippen LogP contribution in [-0.4, -0.2) is 83.2 Å². The Hall–Kier alpha value is -4.09. The van der Waals surface area contributed by atoms with Crippen molar-refractivity contribution in [3.63, 3.8) is 0 Å². The van der Waals surface area contributed by atoms with Crippen LogP contribution in [0.25, 0.3) is 22.0 Å². The van der Waals surface area contributed by atoms with Crippen LogP contribution in [0.2, 0.25) is 0 Å². The minimum atomic E-state index is -0.0978. The molecule has 41 heavy (non-hydrogen) atoms. The number of nitrogens with one attached hydrogen (secondary N) is 5. The molecule has 1 amide bonds. The van der Waals surface area contributed by atoms with Crippen LogP contribution in [0, 0.1) is 5.41 Å². The third kappa shape index (κ3) is 5.73. The van der Waals surface area contributed by atoms with Crippen molar-refractivity contribution in [2.75, 3.05) is 45.2 Å². The maximum Gasteiger partial charge on any atom is 0.252 e. The molecule has 1 fully saturated rings. The highest BCUT2D eigenvalue weighted by atomic mass is 16.5. The average Bonchev–Trinajstić information content (AvgIpc) is 3.51. The lowest BCUT2D eigenvalue weighted by molar-refractivity contribution is -0.117. The molecule has 1 saturated heterocycles. The molecule has 3 aromatic heterocycles. The molecule has 2 aliphatic rings. The highest BCUT2D eigenvalue weighted by Crippen LogP contribution is 2.35. The van der Waals surface area contributed by atoms with Crippen molar-refractivity contribution in [1.29, 1.82) is 5.41 Å². The number of aryl methyl sites for hydroxylation is 1. The van der Waals surface area contributed by atoms with E-state index in [9.17, 15) is 4.79 Å². The second-order valence-corrected chi connectivity index (χ2v) is 10.7. The normalized spacial score (nSPS) is 20.0. The van der Waals surface area contributed by atoms with Gasteiger partial charge in [-0.1, -0.05) is 6.92 Å². The molecule has 218 valence electrons. The molecule has 11 heteroatoms. The summed E-state index contributed by atoms with van der Waals surface area (Å²) in [6.45, 7) is 10.2. The third-order valence-electron chi connectivity index (χ3n) is 7.87. The van der Waals surface area contributed by atoms with Crippen LogP contribution in [0.3, 0.4) is 0 Å². The largest absolute Gasteiger partial charge is 0.393 e. The van der Waals surface area contributed by atoms with Gasteiger partial charge in [0.05, 0.1) is 47.2 Å². The first-order chi connectivity index (χ1) is 19.8. The van der Waals surface area contributed by atoms with Crippen molar-refractivity contribution in [2.24, 2.45) is 7.05 Å². The third-order valence-corrected chi connectivity index (χ3v) is 7.87. The van der Waals surface area contributed by atoms with Crippen molar-refractivity contribution < 1.29 is 9.53 Å². The summed E-state index contributed by atoms with van der Waals surface area (Å²) in [4.78, 5) is 15.4. The number of hydrogen-bond acceptors (Lipinski definition) is 8. The van der Waals surface area contributed by atoms with E-state index in [4.69, 9.17) is 15.2 Å². The molecule has 2 unspecified atom stereocenters. The fourth-order valence-electron chi connectivity index (χ4n) is 5.69. The number of allylic oxidation sites excluding steroid dienone is 1. The molecule has 0 radical (unpaired) electrons. The maximum atomic E-state index is 13.0. The Bertz CT molecular complexity index is 1540. The number of hydrogen-bond donors (Lipinski definition) is 5. The van der Waals surface area contributed by atoms with Gasteiger partial charge in [-0.2, -0.15) is 5.10 Å². The SMILES string of the molecule is CCc1c(NC2=CC(C(=O)NCCN3CCOC(C)C3)=CNC2C)c2cnn3cc(/C(C=N)=C/NC)cc3c2n1C. The summed E-state index contributed by atoms with van der Waals surface area (Å²) >= 11 is 0. The predicted octanol–water partition coefficient (Wildman–Crippen LogP) is 2.61. The van der Waals surface area contributed by atoms with Crippen molar-refractivity contribution in [2.45, 2.75) is 39.3 Å². The average molecular weight is 560 g/mol. The summed E-state index contributed by atoms with van der Waals surface area (Å²) in [5.41, 5.74) is 7.35. The van der Waals surface area contributed by atoms with Crippen molar-refractivity contribution in [1.82, 2.24) is 35.0 Å². The number of rotatable bonds is 10. The summed E-state index contributed by atoms with van der Waals surface area (Å²) in [5, 5.41) is 26.6. The van der Waals surface area contributed by atoms with E-state index in [2.05, 4.69) is 64.6 Å². The molecule has 11 nitrogen and oxygen atoms in total. The molecule has 5 N–H and O–H groups in total. The number of ether oxygens (including phenoxy) is 1. The minimum Gasteiger partial charge on any atom is -0.393 e. The van der Waals surface area contributed by atoms with Gasteiger partial charge in [0.2, 0.25) is 0 Å². The van der Waals surface area contributed by atoms with Gasteiger partial charge in [-0.15, -0.1) is 0 Å². The lowest BCUT2D eigenvalue weighted by Crippen LogP contribution is -2.44. The standard InChI is InChI=1S/C30H41N9O2/c1-6-26-28(24-16-35-39-18-22(23(13-31)14-32-4)12-27(39)29(24)37(26)5)36-25-11-21(15-34-20(25)3)30(40)33-7-8-38-9-10-41-19(2)17-38/h11-16,18-20,31-32,34,36H,6-10,17H2,1-5H3,(H,33,40)/b23-14+,31-13?. The smallest absolute Gasteiger partial charge is 0.252 e. The van der Waals surface area contributed by atoms with E-state index < -0.39 is 0 Å². The van der Waals surface area contributed by atoms with Gasteiger partial charge in [-0.3, -0.25) is 9.69 Å². The topological polar surface area (TPSA) is 124 Å². The molecule has 2 atom stereocenters. The zero-order valence-electron chi connectivity index (χ0n) is 24.5. The Morgan fingerprint density at radius 2 is 2.17 bits per heavy atom. The first-order valence-electron chi connectivity index (χ1n) is 14.3. The number of carbonyl (C=O) groups is 1. The van der Waals surface area contributed by atoms with Crippen molar-refractivity contribution >= 4 is 39.8 Å². The van der Waals surface area contributed by atoms with Crippen LogP contribution in [0.4, 0.5) is 5.69 Å². The monoisotopic (exact) mass is 559 g/mol. The van der Waals surface area contributed by atoms with E-state index in [1.54, 1.807) is 6.20 Å². The maximum absolute atomic E-state index is 13.0. The highest BCUT2D eigenvalue weighted by Gasteiger charge is 2.23. The fourth-order valence-corrected chi connectivity index (χ4v) is 5.69. The summed E-state index contributed by atoms with van der Waals surface area (Å²) in [5.74, 6) is -0.0978. The van der Waals surface area contributed by atoms with E-state index >= 15 is 0 Å². The van der Waals surface area contributed by atoms with Crippen LogP contribution < -0.4 is 21.3 Å². The first-order valence-corrected chi connectivity index (χ1v) is 14.3. The van der Waals surface area contributed by atoms with E-state index in [1.165, 1.54) is 6.21 Å². The van der Waals surface area contributed by atoms with Gasteiger partial charge >= 0.3 is 0 Å². The molecule has 5 heterocycles. The Kier molecular flexibility index (Phi) is 8.46. The Labute approximate surface area is 240 Å². The molecule has 0 aromatic carbocycles. The second-order valence-electron chi connectivity index (χ2n) is 10.7. The summed E-state index contributed by atoms with van der Waals surface area (Å²) in [6.07, 6.45) is 11.7.